The van der Waals surface area contributed by atoms with E-state index in [1.165, 1.54) is 18.2 Å². The summed E-state index contributed by atoms with van der Waals surface area (Å²) >= 11 is 0. The molecule has 0 unspecified atom stereocenters. The van der Waals surface area contributed by atoms with Crippen molar-refractivity contribution in [2.24, 2.45) is 0 Å². The molecule has 0 radical (unpaired) electrons. The Bertz CT molecular complexity index is 965. The molecule has 1 aliphatic rings. The van der Waals surface area contributed by atoms with Crippen molar-refractivity contribution < 1.29 is 27.8 Å². The molecular formula is C17H14NO6S-. The molecule has 2 aromatic carbocycles. The molecule has 8 heteroatoms. The van der Waals surface area contributed by atoms with E-state index in [1.807, 2.05) is 0 Å². The van der Waals surface area contributed by atoms with Crippen molar-refractivity contribution >= 4 is 27.8 Å². The van der Waals surface area contributed by atoms with Crippen LogP contribution in [0.25, 0.3) is 6.08 Å². The standard InChI is InChI=1S/C17H15NO6S/c1-11-2-3-12(4-7-17(19)20)8-16(11)25(21,22)18-13-5-6-14-15(9-13)24-10-23-14/h2-9,18H,10H2,1H3,(H,19,20)/p-1/b7-4+. The average molecular weight is 360 g/mol. The lowest BCUT2D eigenvalue weighted by Gasteiger charge is -2.11. The summed E-state index contributed by atoms with van der Waals surface area (Å²) in [5.74, 6) is -0.348. The van der Waals surface area contributed by atoms with Gasteiger partial charge in [-0.3, -0.25) is 4.72 Å². The minimum absolute atomic E-state index is 0.0469. The largest absolute Gasteiger partial charge is 0.545 e. The van der Waals surface area contributed by atoms with Crippen LogP contribution in [0.15, 0.2) is 47.4 Å². The van der Waals surface area contributed by atoms with Crippen LogP contribution in [-0.4, -0.2) is 21.2 Å². The zero-order valence-corrected chi connectivity index (χ0v) is 14.0. The molecule has 0 aliphatic carbocycles. The van der Waals surface area contributed by atoms with Crippen molar-refractivity contribution in [3.05, 3.63) is 53.6 Å². The van der Waals surface area contributed by atoms with E-state index >= 15 is 0 Å². The summed E-state index contributed by atoms with van der Waals surface area (Å²) in [7, 11) is -3.87. The van der Waals surface area contributed by atoms with Crippen molar-refractivity contribution in [3.63, 3.8) is 0 Å². The van der Waals surface area contributed by atoms with Gasteiger partial charge in [0.2, 0.25) is 6.79 Å². The number of carboxylic acid groups (broad SMARTS) is 1. The normalized spacial score (nSPS) is 13.2. The number of benzene rings is 2. The van der Waals surface area contributed by atoms with Gasteiger partial charge in [-0.25, -0.2) is 8.42 Å². The van der Waals surface area contributed by atoms with Crippen LogP contribution in [0.4, 0.5) is 5.69 Å². The van der Waals surface area contributed by atoms with Crippen LogP contribution in [0.2, 0.25) is 0 Å². The van der Waals surface area contributed by atoms with Crippen LogP contribution in [0, 0.1) is 6.92 Å². The van der Waals surface area contributed by atoms with E-state index in [0.29, 0.717) is 28.3 Å². The number of fused-ring (bicyclic) bond motifs is 1. The monoisotopic (exact) mass is 360 g/mol. The SMILES string of the molecule is Cc1ccc(/C=C/C(=O)[O-])cc1S(=O)(=O)Nc1ccc2c(c1)OCO2. The highest BCUT2D eigenvalue weighted by Gasteiger charge is 2.19. The summed E-state index contributed by atoms with van der Waals surface area (Å²) in [5.41, 5.74) is 1.29. The number of anilines is 1. The minimum Gasteiger partial charge on any atom is -0.545 e. The van der Waals surface area contributed by atoms with Gasteiger partial charge in [-0.15, -0.1) is 0 Å². The second-order valence-corrected chi connectivity index (χ2v) is 7.00. The maximum absolute atomic E-state index is 12.7. The molecule has 0 saturated carbocycles. The first-order valence-corrected chi connectivity index (χ1v) is 8.76. The summed E-state index contributed by atoms with van der Waals surface area (Å²) in [5, 5.41) is 10.5. The van der Waals surface area contributed by atoms with Crippen molar-refractivity contribution in [1.82, 2.24) is 0 Å². The number of carboxylic acids is 1. The number of nitrogens with one attached hydrogen (secondary N) is 1. The van der Waals surface area contributed by atoms with Crippen LogP contribution in [0.1, 0.15) is 11.1 Å². The fraction of sp³-hybridized carbons (Fsp3) is 0.118. The molecule has 0 amide bonds. The molecule has 0 saturated heterocycles. The van der Waals surface area contributed by atoms with Gasteiger partial charge in [0.25, 0.3) is 10.0 Å². The number of sulfonamides is 1. The lowest BCUT2D eigenvalue weighted by atomic mass is 10.1. The highest BCUT2D eigenvalue weighted by atomic mass is 32.2. The van der Waals surface area contributed by atoms with Crippen LogP contribution in [-0.2, 0) is 14.8 Å². The van der Waals surface area contributed by atoms with E-state index in [9.17, 15) is 18.3 Å². The number of carbonyl (C=O) groups excluding carboxylic acids is 1. The molecule has 25 heavy (non-hydrogen) atoms. The van der Waals surface area contributed by atoms with Crippen LogP contribution in [0.3, 0.4) is 0 Å². The van der Waals surface area contributed by atoms with E-state index in [4.69, 9.17) is 9.47 Å². The van der Waals surface area contributed by atoms with Crippen molar-refractivity contribution in [1.29, 1.82) is 0 Å². The summed E-state index contributed by atoms with van der Waals surface area (Å²) in [4.78, 5) is 10.6. The van der Waals surface area contributed by atoms with E-state index < -0.39 is 16.0 Å². The molecule has 0 spiro atoms. The number of rotatable bonds is 5. The summed E-state index contributed by atoms with van der Waals surface area (Å²) < 4.78 is 38.3. The zero-order chi connectivity index (χ0) is 18.0. The van der Waals surface area contributed by atoms with Crippen molar-refractivity contribution in [3.8, 4) is 11.5 Å². The second-order valence-electron chi connectivity index (χ2n) is 5.35. The Labute approximate surface area is 144 Å². The lowest BCUT2D eigenvalue weighted by molar-refractivity contribution is -0.297. The van der Waals surface area contributed by atoms with E-state index in [2.05, 4.69) is 4.72 Å². The quantitative estimate of drug-likeness (QED) is 0.806. The molecule has 0 fully saturated rings. The Kier molecular flexibility index (Phi) is 4.37. The van der Waals surface area contributed by atoms with Gasteiger partial charge in [0.15, 0.2) is 11.5 Å². The highest BCUT2D eigenvalue weighted by Crippen LogP contribution is 2.35. The molecule has 1 aliphatic heterocycles. The topological polar surface area (TPSA) is 105 Å². The van der Waals surface area contributed by atoms with Crippen LogP contribution < -0.4 is 19.3 Å². The molecule has 2 aromatic rings. The van der Waals surface area contributed by atoms with E-state index in [-0.39, 0.29) is 11.7 Å². The fourth-order valence-electron chi connectivity index (χ4n) is 2.34. The molecule has 3 rings (SSSR count). The predicted molar refractivity (Wildman–Crippen MR) is 88.6 cm³/mol. The number of carbonyl (C=O) groups is 1. The first kappa shape index (κ1) is 16.8. The third kappa shape index (κ3) is 3.74. The third-order valence-corrected chi connectivity index (χ3v) is 5.06. The summed E-state index contributed by atoms with van der Waals surface area (Å²) in [6.45, 7) is 1.75. The molecule has 130 valence electrons. The minimum atomic E-state index is -3.87. The first-order chi connectivity index (χ1) is 11.8. The molecular weight excluding hydrogens is 346 g/mol. The summed E-state index contributed by atoms with van der Waals surface area (Å²) in [6, 6.07) is 9.34. The van der Waals surface area contributed by atoms with Gasteiger partial charge >= 0.3 is 0 Å². The number of hydrogen-bond donors (Lipinski definition) is 1. The highest BCUT2D eigenvalue weighted by molar-refractivity contribution is 7.92. The zero-order valence-electron chi connectivity index (χ0n) is 13.2. The van der Waals surface area contributed by atoms with Gasteiger partial charge in [0, 0.05) is 6.07 Å². The molecule has 1 N–H and O–H groups in total. The Balaban J connectivity index is 1.91. The number of hydrogen-bond acceptors (Lipinski definition) is 6. The number of ether oxygens (including phenoxy) is 2. The Hall–Kier alpha value is -3.00. The van der Waals surface area contributed by atoms with Crippen LogP contribution >= 0.6 is 0 Å². The second kappa shape index (κ2) is 6.48. The van der Waals surface area contributed by atoms with E-state index in [0.717, 1.165) is 6.08 Å². The molecule has 0 bridgehead atoms. The van der Waals surface area contributed by atoms with Gasteiger partial charge in [-0.1, -0.05) is 18.2 Å². The van der Waals surface area contributed by atoms with Gasteiger partial charge < -0.3 is 19.4 Å². The molecule has 7 nitrogen and oxygen atoms in total. The Morgan fingerprint density at radius 2 is 1.92 bits per heavy atom. The van der Waals surface area contributed by atoms with E-state index in [1.54, 1.807) is 31.2 Å². The average Bonchev–Trinajstić information content (AvgIpc) is 3.01. The Morgan fingerprint density at radius 3 is 2.68 bits per heavy atom. The first-order valence-electron chi connectivity index (χ1n) is 7.27. The van der Waals surface area contributed by atoms with Crippen LogP contribution in [0.5, 0.6) is 11.5 Å². The fourth-order valence-corrected chi connectivity index (χ4v) is 3.67. The molecule has 1 heterocycles. The van der Waals surface area contributed by atoms with Gasteiger partial charge in [0.05, 0.1) is 16.6 Å². The smallest absolute Gasteiger partial charge is 0.262 e. The third-order valence-electron chi connectivity index (χ3n) is 3.54. The maximum atomic E-state index is 12.7. The predicted octanol–water partition coefficient (Wildman–Crippen LogP) is 1.29. The van der Waals surface area contributed by atoms with Crippen molar-refractivity contribution in [2.75, 3.05) is 11.5 Å². The van der Waals surface area contributed by atoms with Crippen molar-refractivity contribution in [2.45, 2.75) is 11.8 Å². The molecule has 0 aromatic heterocycles. The number of aryl methyl sites for hydroxylation is 1. The van der Waals surface area contributed by atoms with Gasteiger partial charge in [0.1, 0.15) is 0 Å². The molecule has 0 atom stereocenters. The Morgan fingerprint density at radius 1 is 1.16 bits per heavy atom. The number of aliphatic carboxylic acids is 1. The maximum Gasteiger partial charge on any atom is 0.262 e. The lowest BCUT2D eigenvalue weighted by Crippen LogP contribution is -2.18. The summed E-state index contributed by atoms with van der Waals surface area (Å²) in [6.07, 6.45) is 2.11. The van der Waals surface area contributed by atoms with Gasteiger partial charge in [-0.05, 0) is 42.3 Å². The van der Waals surface area contributed by atoms with Gasteiger partial charge in [-0.2, -0.15) is 0 Å².